The Morgan fingerprint density at radius 1 is 1.33 bits per heavy atom. The van der Waals surface area contributed by atoms with Crippen LogP contribution >= 0.6 is 0 Å². The fraction of sp³-hybridized carbons (Fsp3) is 0.444. The highest BCUT2D eigenvalue weighted by Crippen LogP contribution is 2.06. The summed E-state index contributed by atoms with van der Waals surface area (Å²) in [5.41, 5.74) is 0.966. The maximum absolute atomic E-state index is 5.02. The van der Waals surface area contributed by atoms with E-state index in [1.165, 1.54) is 6.40 Å². The number of nitrogens with zero attached hydrogens (tertiary/aromatic N) is 1. The van der Waals surface area contributed by atoms with Gasteiger partial charge in [-0.25, -0.2) is 0 Å². The van der Waals surface area contributed by atoms with Gasteiger partial charge in [0.05, 0.1) is 14.2 Å². The van der Waals surface area contributed by atoms with Crippen molar-refractivity contribution in [2.75, 3.05) is 14.2 Å². The number of hydrogen-bond donors (Lipinski definition) is 0. The molecular formula is C9H15NO2. The molecule has 12 heavy (non-hydrogen) atoms. The first-order chi connectivity index (χ1) is 5.76. The summed E-state index contributed by atoms with van der Waals surface area (Å²) >= 11 is 0. The van der Waals surface area contributed by atoms with Gasteiger partial charge in [-0.15, -0.1) is 0 Å². The van der Waals surface area contributed by atoms with Crippen molar-refractivity contribution in [3.05, 3.63) is 23.6 Å². The van der Waals surface area contributed by atoms with Crippen molar-refractivity contribution in [2.45, 2.75) is 13.8 Å². The lowest BCUT2D eigenvalue weighted by Crippen LogP contribution is -1.88. The third-order valence-electron chi connectivity index (χ3n) is 1.22. The second-order valence-corrected chi connectivity index (χ2v) is 2.16. The molecule has 68 valence electrons. The van der Waals surface area contributed by atoms with E-state index in [1.54, 1.807) is 14.2 Å². The molecule has 0 bridgehead atoms. The molecule has 3 heteroatoms. The number of methoxy groups -OCH3 is 2. The summed E-state index contributed by atoms with van der Waals surface area (Å²) in [6.45, 7) is 3.86. The molecule has 3 nitrogen and oxygen atoms in total. The summed E-state index contributed by atoms with van der Waals surface area (Å²) < 4.78 is 9.69. The highest BCUT2D eigenvalue weighted by molar-refractivity contribution is 5.48. The number of hydrogen-bond acceptors (Lipinski definition) is 3. The maximum atomic E-state index is 5.02. The first-order valence-electron chi connectivity index (χ1n) is 3.69. The maximum Gasteiger partial charge on any atom is 0.218 e. The first kappa shape index (κ1) is 10.8. The van der Waals surface area contributed by atoms with Gasteiger partial charge in [0.15, 0.2) is 6.40 Å². The van der Waals surface area contributed by atoms with Crippen LogP contribution in [-0.4, -0.2) is 20.6 Å². The molecule has 0 radical (unpaired) electrons. The molecule has 0 atom stereocenters. The quantitative estimate of drug-likeness (QED) is 0.279. The lowest BCUT2D eigenvalue weighted by Gasteiger charge is -2.01. The number of ether oxygens (including phenoxy) is 2. The minimum atomic E-state index is 0.565. The lowest BCUT2D eigenvalue weighted by atomic mass is 10.3. The molecule has 0 amide bonds. The predicted molar refractivity (Wildman–Crippen MR) is 50.0 cm³/mol. The van der Waals surface area contributed by atoms with Crippen LogP contribution in [0.15, 0.2) is 28.6 Å². The molecule has 0 saturated carbocycles. The van der Waals surface area contributed by atoms with Crippen LogP contribution in [0.25, 0.3) is 0 Å². The molecule has 0 aromatic rings. The Labute approximate surface area is 73.4 Å². The number of allylic oxidation sites excluding steroid dienone is 3. The van der Waals surface area contributed by atoms with E-state index in [0.29, 0.717) is 5.88 Å². The van der Waals surface area contributed by atoms with Crippen LogP contribution in [-0.2, 0) is 9.47 Å². The summed E-state index contributed by atoms with van der Waals surface area (Å²) in [6, 6.07) is 0. The first-order valence-corrected chi connectivity index (χ1v) is 3.69. The van der Waals surface area contributed by atoms with Gasteiger partial charge in [0.25, 0.3) is 0 Å². The minimum Gasteiger partial charge on any atom is -0.486 e. The fourth-order valence-electron chi connectivity index (χ4n) is 0.737. The molecule has 0 aromatic heterocycles. The van der Waals surface area contributed by atoms with Gasteiger partial charge in [-0.05, 0) is 13.8 Å². The van der Waals surface area contributed by atoms with E-state index in [0.717, 1.165) is 5.57 Å². The van der Waals surface area contributed by atoms with Crippen molar-refractivity contribution in [3.8, 4) is 0 Å². The van der Waals surface area contributed by atoms with E-state index in [-0.39, 0.29) is 0 Å². The van der Waals surface area contributed by atoms with E-state index in [9.17, 15) is 0 Å². The summed E-state index contributed by atoms with van der Waals surface area (Å²) in [5, 5.41) is 0. The summed E-state index contributed by atoms with van der Waals surface area (Å²) in [4.78, 5) is 3.94. The van der Waals surface area contributed by atoms with Crippen LogP contribution in [0.5, 0.6) is 0 Å². The van der Waals surface area contributed by atoms with Crippen LogP contribution in [0.2, 0.25) is 0 Å². The van der Waals surface area contributed by atoms with Crippen LogP contribution in [0, 0.1) is 0 Å². The van der Waals surface area contributed by atoms with E-state index < -0.39 is 0 Å². The molecule has 0 rings (SSSR count). The molecule has 0 aliphatic rings. The Hall–Kier alpha value is -1.25. The van der Waals surface area contributed by atoms with Gasteiger partial charge in [0.2, 0.25) is 5.88 Å². The van der Waals surface area contributed by atoms with E-state index in [2.05, 4.69) is 9.73 Å². The molecule has 0 saturated heterocycles. The number of aliphatic imine (C=N–C) groups is 1. The van der Waals surface area contributed by atoms with Gasteiger partial charge in [0, 0.05) is 5.57 Å². The fourth-order valence-corrected chi connectivity index (χ4v) is 0.737. The van der Waals surface area contributed by atoms with Crippen LogP contribution in [0.1, 0.15) is 13.8 Å². The molecule has 0 heterocycles. The molecule has 0 spiro atoms. The van der Waals surface area contributed by atoms with Crippen molar-refractivity contribution in [2.24, 2.45) is 4.99 Å². The zero-order valence-corrected chi connectivity index (χ0v) is 8.00. The van der Waals surface area contributed by atoms with Crippen molar-refractivity contribution in [1.29, 1.82) is 0 Å². The van der Waals surface area contributed by atoms with E-state index >= 15 is 0 Å². The van der Waals surface area contributed by atoms with E-state index in [1.807, 2.05) is 26.0 Å². The standard InChI is InChI=1S/C9H15NO2/c1-5-6-8(2)9(12-4)10-7-11-3/h5-7H,1-4H3/b6-5-,9-8+,10-7+. The van der Waals surface area contributed by atoms with Crippen molar-refractivity contribution >= 4 is 6.40 Å². The van der Waals surface area contributed by atoms with Crippen molar-refractivity contribution in [1.82, 2.24) is 0 Å². The Morgan fingerprint density at radius 2 is 2.00 bits per heavy atom. The highest BCUT2D eigenvalue weighted by Gasteiger charge is 1.94. The molecule has 0 N–H and O–H groups in total. The third kappa shape index (κ3) is 3.81. The molecular weight excluding hydrogens is 154 g/mol. The van der Waals surface area contributed by atoms with Gasteiger partial charge in [0.1, 0.15) is 0 Å². The molecule has 0 aliphatic carbocycles. The second-order valence-electron chi connectivity index (χ2n) is 2.16. The average Bonchev–Trinajstić information content (AvgIpc) is 2.06. The largest absolute Gasteiger partial charge is 0.486 e. The van der Waals surface area contributed by atoms with Crippen LogP contribution < -0.4 is 0 Å². The molecule has 0 unspecified atom stereocenters. The summed E-state index contributed by atoms with van der Waals surface area (Å²) in [5.74, 6) is 0.565. The van der Waals surface area contributed by atoms with Gasteiger partial charge < -0.3 is 9.47 Å². The van der Waals surface area contributed by atoms with Gasteiger partial charge in [-0.2, -0.15) is 4.99 Å². The normalized spacial score (nSPS) is 13.7. The second kappa shape index (κ2) is 6.46. The van der Waals surface area contributed by atoms with Gasteiger partial charge in [-0.3, -0.25) is 0 Å². The van der Waals surface area contributed by atoms with E-state index in [4.69, 9.17) is 4.74 Å². The predicted octanol–water partition coefficient (Wildman–Crippen LogP) is 2.12. The van der Waals surface area contributed by atoms with Gasteiger partial charge in [-0.1, -0.05) is 12.2 Å². The Bertz CT molecular complexity index is 205. The molecule has 0 fully saturated rings. The zero-order valence-electron chi connectivity index (χ0n) is 8.00. The summed E-state index contributed by atoms with van der Waals surface area (Å²) in [7, 11) is 3.12. The topological polar surface area (TPSA) is 30.8 Å². The SMILES string of the molecule is C\C=C/C(C)=C(\N=C\OC)OC. The number of rotatable bonds is 4. The van der Waals surface area contributed by atoms with Crippen molar-refractivity contribution < 1.29 is 9.47 Å². The monoisotopic (exact) mass is 169 g/mol. The van der Waals surface area contributed by atoms with Crippen molar-refractivity contribution in [3.63, 3.8) is 0 Å². The average molecular weight is 169 g/mol. The Morgan fingerprint density at radius 3 is 2.42 bits per heavy atom. The Balaban J connectivity index is 4.49. The minimum absolute atomic E-state index is 0.565. The lowest BCUT2D eigenvalue weighted by molar-refractivity contribution is 0.282. The van der Waals surface area contributed by atoms with Crippen LogP contribution in [0.3, 0.4) is 0 Å². The van der Waals surface area contributed by atoms with Crippen LogP contribution in [0.4, 0.5) is 0 Å². The highest BCUT2D eigenvalue weighted by atomic mass is 16.5. The summed E-state index contributed by atoms with van der Waals surface area (Å²) in [6.07, 6.45) is 5.19. The zero-order chi connectivity index (χ0) is 9.40. The Kier molecular flexibility index (Phi) is 5.79. The smallest absolute Gasteiger partial charge is 0.218 e. The third-order valence-corrected chi connectivity index (χ3v) is 1.22. The molecule has 0 aliphatic heterocycles. The molecule has 0 aromatic carbocycles. The van der Waals surface area contributed by atoms with Gasteiger partial charge >= 0.3 is 0 Å².